The predicted octanol–water partition coefficient (Wildman–Crippen LogP) is 3.83. The fourth-order valence-corrected chi connectivity index (χ4v) is 1.27. The van der Waals surface area contributed by atoms with Crippen LogP contribution in [0.5, 0.6) is 0 Å². The van der Waals surface area contributed by atoms with Crippen LogP contribution < -0.4 is 0 Å². The summed E-state index contributed by atoms with van der Waals surface area (Å²) in [6.45, 7) is 5.42. The van der Waals surface area contributed by atoms with Crippen molar-refractivity contribution in [2.24, 2.45) is 0 Å². The third-order valence-corrected chi connectivity index (χ3v) is 2.15. The Bertz CT molecular complexity index is 316. The molecule has 1 rings (SSSR count). The molecule has 0 nitrogen and oxygen atoms in total. The number of halogens is 2. The highest BCUT2D eigenvalue weighted by Gasteiger charge is 2.02. The quantitative estimate of drug-likeness (QED) is 0.685. The maximum absolute atomic E-state index is 13.1. The second-order valence-corrected chi connectivity index (χ2v) is 3.43. The van der Waals surface area contributed by atoms with Crippen molar-refractivity contribution in [3.8, 4) is 0 Å². The Labute approximate surface area is 80.2 Å². The van der Waals surface area contributed by atoms with Gasteiger partial charge in [0, 0.05) is 10.0 Å². The average molecular weight is 228 g/mol. The van der Waals surface area contributed by atoms with Crippen molar-refractivity contribution in [2.45, 2.75) is 6.92 Å². The molecule has 0 heterocycles. The standard InChI is InChI=1S/C10H9BrF/c1-3-7(2)9-6-8(11)4-5-10(9)12/h3-6H,1H2,2H3/b7-3+. The first-order valence-corrected chi connectivity index (χ1v) is 4.36. The van der Waals surface area contributed by atoms with Crippen LogP contribution in [-0.4, -0.2) is 0 Å². The molecule has 0 unspecified atom stereocenters. The van der Waals surface area contributed by atoms with E-state index in [2.05, 4.69) is 22.9 Å². The molecule has 63 valence electrons. The van der Waals surface area contributed by atoms with Gasteiger partial charge in [0.25, 0.3) is 0 Å². The van der Waals surface area contributed by atoms with E-state index in [9.17, 15) is 4.39 Å². The molecule has 0 bridgehead atoms. The Morgan fingerprint density at radius 1 is 1.58 bits per heavy atom. The van der Waals surface area contributed by atoms with E-state index in [1.54, 1.807) is 18.2 Å². The van der Waals surface area contributed by atoms with Crippen molar-refractivity contribution in [3.63, 3.8) is 0 Å². The summed E-state index contributed by atoms with van der Waals surface area (Å²) < 4.78 is 14.0. The summed E-state index contributed by atoms with van der Waals surface area (Å²) in [4.78, 5) is 0. The van der Waals surface area contributed by atoms with Gasteiger partial charge in [0.15, 0.2) is 0 Å². The van der Waals surface area contributed by atoms with Gasteiger partial charge in [-0.05, 0) is 37.6 Å². The summed E-state index contributed by atoms with van der Waals surface area (Å²) in [7, 11) is 0. The summed E-state index contributed by atoms with van der Waals surface area (Å²) in [5.41, 5.74) is 1.44. The van der Waals surface area contributed by atoms with Crippen molar-refractivity contribution >= 4 is 21.5 Å². The third-order valence-electron chi connectivity index (χ3n) is 1.66. The van der Waals surface area contributed by atoms with E-state index in [-0.39, 0.29) is 5.82 Å². The Kier molecular flexibility index (Phi) is 3.04. The Morgan fingerprint density at radius 3 is 2.83 bits per heavy atom. The van der Waals surface area contributed by atoms with Crippen LogP contribution in [0.4, 0.5) is 4.39 Å². The van der Waals surface area contributed by atoms with Crippen LogP contribution in [0.3, 0.4) is 0 Å². The lowest BCUT2D eigenvalue weighted by Crippen LogP contribution is -1.85. The first kappa shape index (κ1) is 9.46. The van der Waals surface area contributed by atoms with Crippen LogP contribution in [0.1, 0.15) is 12.5 Å². The predicted molar refractivity (Wildman–Crippen MR) is 53.1 cm³/mol. The molecular weight excluding hydrogens is 219 g/mol. The van der Waals surface area contributed by atoms with E-state index in [0.29, 0.717) is 5.56 Å². The number of rotatable bonds is 1. The SMILES string of the molecule is [CH2]/C=C(\C)c1cc(Br)ccc1F. The van der Waals surface area contributed by atoms with E-state index < -0.39 is 0 Å². The van der Waals surface area contributed by atoms with Gasteiger partial charge in [0.2, 0.25) is 0 Å². The molecule has 0 saturated heterocycles. The zero-order valence-corrected chi connectivity index (χ0v) is 8.36. The second kappa shape index (κ2) is 3.85. The van der Waals surface area contributed by atoms with Gasteiger partial charge in [0.1, 0.15) is 5.82 Å². The lowest BCUT2D eigenvalue weighted by Gasteiger charge is -2.02. The molecule has 0 amide bonds. The van der Waals surface area contributed by atoms with E-state index in [1.807, 2.05) is 6.92 Å². The molecule has 1 radical (unpaired) electrons. The highest BCUT2D eigenvalue weighted by atomic mass is 79.9. The molecule has 0 fully saturated rings. The van der Waals surface area contributed by atoms with E-state index in [0.717, 1.165) is 10.0 Å². The molecular formula is C10H9BrF. The zero-order chi connectivity index (χ0) is 9.14. The second-order valence-electron chi connectivity index (χ2n) is 2.51. The zero-order valence-electron chi connectivity index (χ0n) is 6.77. The molecule has 0 aliphatic heterocycles. The molecule has 1 aromatic carbocycles. The summed E-state index contributed by atoms with van der Waals surface area (Å²) >= 11 is 3.28. The topological polar surface area (TPSA) is 0 Å². The summed E-state index contributed by atoms with van der Waals surface area (Å²) in [5.74, 6) is -0.212. The Hall–Kier alpha value is -0.630. The lowest BCUT2D eigenvalue weighted by atomic mass is 10.1. The third kappa shape index (κ3) is 1.95. The number of allylic oxidation sites excluding steroid dienone is 2. The van der Waals surface area contributed by atoms with Crippen molar-refractivity contribution in [1.29, 1.82) is 0 Å². The van der Waals surface area contributed by atoms with Gasteiger partial charge in [-0.3, -0.25) is 0 Å². The van der Waals surface area contributed by atoms with Gasteiger partial charge in [-0.25, -0.2) is 4.39 Å². The van der Waals surface area contributed by atoms with Crippen LogP contribution >= 0.6 is 15.9 Å². The minimum absolute atomic E-state index is 0.212. The Morgan fingerprint density at radius 2 is 2.25 bits per heavy atom. The first-order valence-electron chi connectivity index (χ1n) is 3.56. The molecule has 0 saturated carbocycles. The van der Waals surface area contributed by atoms with Gasteiger partial charge in [-0.1, -0.05) is 22.0 Å². The number of hydrogen-bond donors (Lipinski definition) is 0. The normalized spacial score (nSPS) is 11.8. The van der Waals surface area contributed by atoms with Gasteiger partial charge < -0.3 is 0 Å². The largest absolute Gasteiger partial charge is 0.206 e. The monoisotopic (exact) mass is 227 g/mol. The van der Waals surface area contributed by atoms with Crippen molar-refractivity contribution in [1.82, 2.24) is 0 Å². The van der Waals surface area contributed by atoms with Crippen molar-refractivity contribution in [3.05, 3.63) is 47.1 Å². The molecule has 0 N–H and O–H groups in total. The minimum atomic E-state index is -0.212. The molecule has 0 aliphatic carbocycles. The summed E-state index contributed by atoms with van der Waals surface area (Å²) in [6, 6.07) is 4.86. The van der Waals surface area contributed by atoms with E-state index in [4.69, 9.17) is 0 Å². The highest BCUT2D eigenvalue weighted by Crippen LogP contribution is 2.21. The Balaban J connectivity index is 3.23. The molecule has 0 atom stereocenters. The number of benzene rings is 1. The average Bonchev–Trinajstić information content (AvgIpc) is 2.08. The van der Waals surface area contributed by atoms with Crippen LogP contribution in [0.15, 0.2) is 28.7 Å². The fourth-order valence-electron chi connectivity index (χ4n) is 0.910. The smallest absolute Gasteiger partial charge is 0.130 e. The van der Waals surface area contributed by atoms with Crippen LogP contribution in [-0.2, 0) is 0 Å². The van der Waals surface area contributed by atoms with Gasteiger partial charge >= 0.3 is 0 Å². The number of hydrogen-bond acceptors (Lipinski definition) is 0. The maximum Gasteiger partial charge on any atom is 0.130 e. The van der Waals surface area contributed by atoms with Crippen LogP contribution in [0, 0.1) is 12.7 Å². The van der Waals surface area contributed by atoms with Gasteiger partial charge in [0.05, 0.1) is 0 Å². The van der Waals surface area contributed by atoms with Crippen LogP contribution in [0.25, 0.3) is 5.57 Å². The van der Waals surface area contributed by atoms with Crippen molar-refractivity contribution in [2.75, 3.05) is 0 Å². The van der Waals surface area contributed by atoms with Crippen LogP contribution in [0.2, 0.25) is 0 Å². The van der Waals surface area contributed by atoms with E-state index in [1.165, 1.54) is 6.07 Å². The molecule has 0 aliphatic rings. The van der Waals surface area contributed by atoms with Gasteiger partial charge in [-0.2, -0.15) is 0 Å². The first-order chi connectivity index (χ1) is 5.65. The molecule has 0 spiro atoms. The molecule has 12 heavy (non-hydrogen) atoms. The minimum Gasteiger partial charge on any atom is -0.206 e. The fraction of sp³-hybridized carbons (Fsp3) is 0.100. The van der Waals surface area contributed by atoms with E-state index >= 15 is 0 Å². The summed E-state index contributed by atoms with van der Waals surface area (Å²) in [5, 5.41) is 0. The maximum atomic E-state index is 13.1. The lowest BCUT2D eigenvalue weighted by molar-refractivity contribution is 0.623. The summed E-state index contributed by atoms with van der Waals surface area (Å²) in [6.07, 6.45) is 1.64. The molecule has 1 aromatic rings. The molecule has 0 aromatic heterocycles. The van der Waals surface area contributed by atoms with Gasteiger partial charge in [-0.15, -0.1) is 0 Å². The highest BCUT2D eigenvalue weighted by molar-refractivity contribution is 9.10. The molecule has 2 heteroatoms. The van der Waals surface area contributed by atoms with Crippen molar-refractivity contribution < 1.29 is 4.39 Å².